The lowest BCUT2D eigenvalue weighted by atomic mass is 10.1. The van der Waals surface area contributed by atoms with Gasteiger partial charge in [-0.1, -0.05) is 78.1 Å². The lowest BCUT2D eigenvalue weighted by Gasteiger charge is -2.25. The van der Waals surface area contributed by atoms with E-state index in [1.807, 2.05) is 16.7 Å². The van der Waals surface area contributed by atoms with Crippen molar-refractivity contribution >= 4 is 17.7 Å². The summed E-state index contributed by atoms with van der Waals surface area (Å²) >= 11 is 1.83. The predicted molar refractivity (Wildman–Crippen MR) is 122 cm³/mol. The van der Waals surface area contributed by atoms with Gasteiger partial charge in [-0.05, 0) is 31.6 Å². The third kappa shape index (κ3) is 16.4. The molecule has 0 saturated carbocycles. The van der Waals surface area contributed by atoms with Crippen LogP contribution in [0.2, 0.25) is 0 Å². The van der Waals surface area contributed by atoms with Crippen molar-refractivity contribution in [3.8, 4) is 0 Å². The van der Waals surface area contributed by atoms with Gasteiger partial charge in [-0.25, -0.2) is 0 Å². The smallest absolute Gasteiger partial charge is 0.240 e. The minimum atomic E-state index is -0.368. The highest BCUT2D eigenvalue weighted by atomic mass is 32.2. The molecule has 0 aromatic heterocycles. The molecular formula is C22H47N3OS. The first-order valence-corrected chi connectivity index (χ1v) is 12.6. The largest absolute Gasteiger partial charge is 0.341 e. The summed E-state index contributed by atoms with van der Waals surface area (Å²) in [5, 5.41) is 0. The molecule has 0 rings (SSSR count). The number of rotatable bonds is 20. The molecule has 0 aliphatic carbocycles. The molecular weight excluding hydrogens is 354 g/mol. The fraction of sp³-hybridized carbons (Fsp3) is 0.955. The summed E-state index contributed by atoms with van der Waals surface area (Å²) in [7, 11) is 0. The van der Waals surface area contributed by atoms with Gasteiger partial charge < -0.3 is 16.4 Å². The first-order valence-electron chi connectivity index (χ1n) is 11.5. The summed E-state index contributed by atoms with van der Waals surface area (Å²) in [5.41, 5.74) is 11.7. The van der Waals surface area contributed by atoms with Gasteiger partial charge in [-0.3, -0.25) is 4.79 Å². The van der Waals surface area contributed by atoms with Crippen molar-refractivity contribution < 1.29 is 4.79 Å². The van der Waals surface area contributed by atoms with Crippen LogP contribution < -0.4 is 11.5 Å². The number of nitrogens with zero attached hydrogens (tertiary/aromatic N) is 1. The lowest BCUT2D eigenvalue weighted by molar-refractivity contribution is -0.132. The van der Waals surface area contributed by atoms with Crippen LogP contribution in [0.5, 0.6) is 0 Å². The summed E-state index contributed by atoms with van der Waals surface area (Å²) in [6, 6.07) is -0.368. The fourth-order valence-corrected chi connectivity index (χ4v) is 4.14. The predicted octanol–water partition coefficient (Wildman–Crippen LogP) is 4.95. The van der Waals surface area contributed by atoms with Gasteiger partial charge in [0.05, 0.1) is 6.04 Å². The van der Waals surface area contributed by atoms with Crippen LogP contribution in [0, 0.1) is 0 Å². The molecule has 0 aliphatic rings. The molecule has 1 amide bonds. The van der Waals surface area contributed by atoms with Crippen LogP contribution in [0.3, 0.4) is 0 Å². The van der Waals surface area contributed by atoms with E-state index < -0.39 is 0 Å². The van der Waals surface area contributed by atoms with Gasteiger partial charge in [0.2, 0.25) is 5.91 Å². The summed E-state index contributed by atoms with van der Waals surface area (Å²) < 4.78 is 0. The normalized spacial score (nSPS) is 12.3. The molecule has 0 spiro atoms. The topological polar surface area (TPSA) is 72.4 Å². The Morgan fingerprint density at radius 2 is 1.33 bits per heavy atom. The van der Waals surface area contributed by atoms with Crippen molar-refractivity contribution in [2.24, 2.45) is 11.5 Å². The first kappa shape index (κ1) is 26.7. The van der Waals surface area contributed by atoms with Crippen LogP contribution in [-0.2, 0) is 4.79 Å². The molecule has 0 saturated heterocycles. The van der Waals surface area contributed by atoms with Crippen molar-refractivity contribution in [1.29, 1.82) is 0 Å². The van der Waals surface area contributed by atoms with Crippen molar-refractivity contribution in [3.05, 3.63) is 0 Å². The Balaban J connectivity index is 3.67. The zero-order valence-corrected chi connectivity index (χ0v) is 19.0. The summed E-state index contributed by atoms with van der Waals surface area (Å²) in [6.07, 6.45) is 16.6. The second-order valence-corrected chi connectivity index (χ2v) is 8.83. The van der Waals surface area contributed by atoms with Crippen molar-refractivity contribution in [1.82, 2.24) is 4.90 Å². The molecule has 4 nitrogen and oxygen atoms in total. The van der Waals surface area contributed by atoms with Crippen LogP contribution in [0.15, 0.2) is 0 Å². The molecule has 4 N–H and O–H groups in total. The Labute approximate surface area is 173 Å². The van der Waals surface area contributed by atoms with Gasteiger partial charge in [0.1, 0.15) is 0 Å². The first-order chi connectivity index (χ1) is 13.2. The number of unbranched alkanes of at least 4 members (excludes halogenated alkanes) is 10. The molecule has 0 bridgehead atoms. The molecule has 0 fully saturated rings. The molecule has 0 aromatic rings. The summed E-state index contributed by atoms with van der Waals surface area (Å²) in [6.45, 7) is 6.59. The molecule has 5 heteroatoms. The number of hydrogen-bond acceptors (Lipinski definition) is 4. The van der Waals surface area contributed by atoms with E-state index >= 15 is 0 Å². The molecule has 27 heavy (non-hydrogen) atoms. The van der Waals surface area contributed by atoms with Crippen LogP contribution in [-0.4, -0.2) is 48.0 Å². The molecule has 0 aromatic carbocycles. The Morgan fingerprint density at radius 3 is 1.89 bits per heavy atom. The molecule has 0 heterocycles. The number of hydrogen-bond donors (Lipinski definition) is 2. The second kappa shape index (κ2) is 20.5. The maximum Gasteiger partial charge on any atom is 0.240 e. The monoisotopic (exact) mass is 401 g/mol. The Bertz CT molecular complexity index is 321. The fourth-order valence-electron chi connectivity index (χ4n) is 3.17. The molecule has 0 radical (unpaired) electrons. The standard InChI is InChI=1S/C22H47N3OS/c1-3-5-7-8-9-10-11-12-13-14-19-27-20-21(24)22(26)25(17-6-4-2)18-15-16-23/h21H,3-20,23-24H2,1-2H3/t21-/m1/s1. The van der Waals surface area contributed by atoms with Gasteiger partial charge in [-0.15, -0.1) is 0 Å². The average Bonchev–Trinajstić information content (AvgIpc) is 2.68. The second-order valence-electron chi connectivity index (χ2n) is 7.68. The highest BCUT2D eigenvalue weighted by molar-refractivity contribution is 7.99. The van der Waals surface area contributed by atoms with Gasteiger partial charge in [0.25, 0.3) is 0 Å². The Kier molecular flexibility index (Phi) is 20.3. The van der Waals surface area contributed by atoms with Gasteiger partial charge in [0, 0.05) is 18.8 Å². The number of thioether (sulfide) groups is 1. The molecule has 162 valence electrons. The van der Waals surface area contributed by atoms with Crippen molar-refractivity contribution in [2.45, 2.75) is 103 Å². The third-order valence-electron chi connectivity index (χ3n) is 4.98. The van der Waals surface area contributed by atoms with Crippen molar-refractivity contribution in [3.63, 3.8) is 0 Å². The van der Waals surface area contributed by atoms with Crippen molar-refractivity contribution in [2.75, 3.05) is 31.1 Å². The maximum absolute atomic E-state index is 12.5. The van der Waals surface area contributed by atoms with E-state index in [1.165, 1.54) is 64.2 Å². The quantitative estimate of drug-likeness (QED) is 0.283. The van der Waals surface area contributed by atoms with Crippen LogP contribution >= 0.6 is 11.8 Å². The zero-order chi connectivity index (χ0) is 20.2. The SMILES string of the molecule is CCCCCCCCCCCCSC[C@@H](N)C(=O)N(CCCC)CCCN. The Hall–Kier alpha value is -0.260. The van der Waals surface area contributed by atoms with Crippen LogP contribution in [0.1, 0.15) is 97.3 Å². The van der Waals surface area contributed by atoms with E-state index in [2.05, 4.69) is 13.8 Å². The van der Waals surface area contributed by atoms with Crippen LogP contribution in [0.25, 0.3) is 0 Å². The number of carbonyl (C=O) groups is 1. The van der Waals surface area contributed by atoms with E-state index in [0.717, 1.165) is 43.9 Å². The van der Waals surface area contributed by atoms with E-state index in [4.69, 9.17) is 11.5 Å². The summed E-state index contributed by atoms with van der Waals surface area (Å²) in [5.74, 6) is 1.96. The number of carbonyl (C=O) groups excluding carboxylic acids is 1. The molecule has 0 aliphatic heterocycles. The number of amides is 1. The van der Waals surface area contributed by atoms with Gasteiger partial charge in [0.15, 0.2) is 0 Å². The Morgan fingerprint density at radius 1 is 0.815 bits per heavy atom. The zero-order valence-electron chi connectivity index (χ0n) is 18.2. The minimum absolute atomic E-state index is 0.104. The lowest BCUT2D eigenvalue weighted by Crippen LogP contribution is -2.46. The third-order valence-corrected chi connectivity index (χ3v) is 6.15. The van der Waals surface area contributed by atoms with E-state index in [9.17, 15) is 4.79 Å². The average molecular weight is 402 g/mol. The molecule has 1 atom stereocenters. The van der Waals surface area contributed by atoms with E-state index in [1.54, 1.807) is 0 Å². The minimum Gasteiger partial charge on any atom is -0.341 e. The highest BCUT2D eigenvalue weighted by Gasteiger charge is 2.20. The van der Waals surface area contributed by atoms with E-state index in [0.29, 0.717) is 6.54 Å². The number of nitrogens with two attached hydrogens (primary N) is 2. The van der Waals surface area contributed by atoms with E-state index in [-0.39, 0.29) is 11.9 Å². The van der Waals surface area contributed by atoms with Gasteiger partial charge in [-0.2, -0.15) is 11.8 Å². The summed E-state index contributed by atoms with van der Waals surface area (Å²) in [4.78, 5) is 14.5. The highest BCUT2D eigenvalue weighted by Crippen LogP contribution is 2.13. The molecule has 0 unspecified atom stereocenters. The van der Waals surface area contributed by atoms with Crippen LogP contribution in [0.4, 0.5) is 0 Å². The maximum atomic E-state index is 12.5. The van der Waals surface area contributed by atoms with Gasteiger partial charge >= 0.3 is 0 Å².